The van der Waals surface area contributed by atoms with Crippen LogP contribution in [-0.4, -0.2) is 79.3 Å². The first-order valence-electron chi connectivity index (χ1n) is 11.4. The second kappa shape index (κ2) is 12.0. The molecule has 0 spiro atoms. The Kier molecular flexibility index (Phi) is 8.69. The Bertz CT molecular complexity index is 1300. The molecule has 200 valence electrons. The first-order valence-corrected chi connectivity index (χ1v) is 14.2. The highest BCUT2D eigenvalue weighted by molar-refractivity contribution is 8.01. The summed E-state index contributed by atoms with van der Waals surface area (Å²) >= 11 is 4.12. The third kappa shape index (κ3) is 6.16. The van der Waals surface area contributed by atoms with E-state index >= 15 is 0 Å². The number of carbonyl (C=O) groups excluding carboxylic acids is 4. The zero-order valence-electron chi connectivity index (χ0n) is 20.3. The van der Waals surface area contributed by atoms with Crippen molar-refractivity contribution in [3.05, 3.63) is 52.2 Å². The van der Waals surface area contributed by atoms with Gasteiger partial charge in [-0.15, -0.1) is 22.0 Å². The number of fused-ring (bicyclic) bond motifs is 1. The number of carboxylic acids is 1. The number of carboxylic acid groups (broad SMARTS) is 1. The minimum absolute atomic E-state index is 0.0840. The number of carbonyl (C=O) groups is 5. The van der Waals surface area contributed by atoms with Gasteiger partial charge in [0, 0.05) is 11.5 Å². The van der Waals surface area contributed by atoms with Crippen molar-refractivity contribution in [3.8, 4) is 0 Å². The SMILES string of the molecule is CC(=O)CNC(=O)NC(C(=O)NC1C(=O)N2C(C(=O)O)=C(CSc3nnc(C)s3)CS[C@@H]12)c1ccccc1. The van der Waals surface area contributed by atoms with Gasteiger partial charge in [0.2, 0.25) is 5.91 Å². The van der Waals surface area contributed by atoms with E-state index in [4.69, 9.17) is 0 Å². The van der Waals surface area contributed by atoms with Crippen LogP contribution in [0.3, 0.4) is 0 Å². The van der Waals surface area contributed by atoms with Crippen LogP contribution >= 0.6 is 34.9 Å². The highest BCUT2D eigenvalue weighted by atomic mass is 32.2. The maximum Gasteiger partial charge on any atom is 0.352 e. The largest absolute Gasteiger partial charge is 0.477 e. The van der Waals surface area contributed by atoms with Crippen LogP contribution < -0.4 is 16.0 Å². The number of hydrogen-bond donors (Lipinski definition) is 4. The molecule has 0 radical (unpaired) electrons. The van der Waals surface area contributed by atoms with E-state index in [1.165, 1.54) is 46.7 Å². The molecule has 0 bridgehead atoms. The Balaban J connectivity index is 1.46. The average molecular weight is 577 g/mol. The monoisotopic (exact) mass is 576 g/mol. The fraction of sp³-hybridized carbons (Fsp3) is 0.348. The summed E-state index contributed by atoms with van der Waals surface area (Å²) < 4.78 is 0.707. The molecular formula is C23H24N6O6S3. The van der Waals surface area contributed by atoms with Gasteiger partial charge in [0.05, 0.1) is 6.54 Å². The predicted molar refractivity (Wildman–Crippen MR) is 141 cm³/mol. The van der Waals surface area contributed by atoms with E-state index in [0.717, 1.165) is 5.01 Å². The van der Waals surface area contributed by atoms with Crippen LogP contribution in [0.15, 0.2) is 45.9 Å². The molecule has 4 N–H and O–H groups in total. The lowest BCUT2D eigenvalue weighted by Gasteiger charge is -2.49. The molecule has 4 amide bonds. The van der Waals surface area contributed by atoms with Gasteiger partial charge in [-0.1, -0.05) is 53.4 Å². The van der Waals surface area contributed by atoms with Crippen LogP contribution in [0.1, 0.15) is 23.5 Å². The van der Waals surface area contributed by atoms with Crippen LogP contribution in [0, 0.1) is 6.92 Å². The highest BCUT2D eigenvalue weighted by Crippen LogP contribution is 2.42. The number of ketones is 1. The number of amides is 4. The number of thioether (sulfide) groups is 2. The van der Waals surface area contributed by atoms with Gasteiger partial charge in [0.15, 0.2) is 4.34 Å². The molecule has 0 saturated carbocycles. The van der Waals surface area contributed by atoms with E-state index in [1.54, 1.807) is 30.3 Å². The molecule has 15 heteroatoms. The number of Topliss-reactive ketones (excluding diaryl/α,β-unsaturated/α-hetero) is 1. The van der Waals surface area contributed by atoms with Crippen molar-refractivity contribution < 1.29 is 29.1 Å². The van der Waals surface area contributed by atoms with Crippen LogP contribution in [0.2, 0.25) is 0 Å². The zero-order chi connectivity index (χ0) is 27.4. The van der Waals surface area contributed by atoms with Gasteiger partial charge >= 0.3 is 12.0 Å². The lowest BCUT2D eigenvalue weighted by molar-refractivity contribution is -0.151. The molecule has 38 heavy (non-hydrogen) atoms. The molecule has 1 aromatic heterocycles. The van der Waals surface area contributed by atoms with Crippen molar-refractivity contribution in [2.75, 3.05) is 18.1 Å². The van der Waals surface area contributed by atoms with E-state index in [1.807, 2.05) is 6.92 Å². The Morgan fingerprint density at radius 1 is 1.21 bits per heavy atom. The lowest BCUT2D eigenvalue weighted by atomic mass is 10.0. The number of aryl methyl sites for hydroxylation is 1. The number of benzene rings is 1. The molecule has 1 fully saturated rings. The minimum Gasteiger partial charge on any atom is -0.477 e. The van der Waals surface area contributed by atoms with Crippen molar-refractivity contribution in [2.45, 2.75) is 35.6 Å². The van der Waals surface area contributed by atoms with Gasteiger partial charge in [0.1, 0.15) is 33.9 Å². The summed E-state index contributed by atoms with van der Waals surface area (Å²) in [5, 5.41) is 25.7. The number of aromatic nitrogens is 2. The second-order valence-electron chi connectivity index (χ2n) is 8.40. The van der Waals surface area contributed by atoms with Crippen molar-refractivity contribution in [3.63, 3.8) is 0 Å². The fourth-order valence-corrected chi connectivity index (χ4v) is 7.15. The first-order chi connectivity index (χ1) is 18.2. The Hall–Kier alpha value is -3.43. The smallest absolute Gasteiger partial charge is 0.352 e. The third-order valence-electron chi connectivity index (χ3n) is 5.59. The number of hydrogen-bond acceptors (Lipinski definition) is 10. The number of β-lactam (4-membered cyclic amide) rings is 1. The predicted octanol–water partition coefficient (Wildman–Crippen LogP) is 1.31. The maximum absolute atomic E-state index is 13.2. The Morgan fingerprint density at radius 3 is 2.58 bits per heavy atom. The van der Waals surface area contributed by atoms with Crippen molar-refractivity contribution >= 4 is 64.5 Å². The number of rotatable bonds is 10. The van der Waals surface area contributed by atoms with Crippen LogP contribution in [0.5, 0.6) is 0 Å². The number of nitrogens with zero attached hydrogens (tertiary/aromatic N) is 3. The zero-order valence-corrected chi connectivity index (χ0v) is 22.7. The van der Waals surface area contributed by atoms with Gasteiger partial charge in [-0.2, -0.15) is 0 Å². The third-order valence-corrected chi connectivity index (χ3v) is 8.99. The molecular weight excluding hydrogens is 552 g/mol. The second-order valence-corrected chi connectivity index (χ2v) is 11.9. The highest BCUT2D eigenvalue weighted by Gasteiger charge is 2.54. The number of aliphatic carboxylic acids is 1. The first kappa shape index (κ1) is 27.6. The van der Waals surface area contributed by atoms with Gasteiger partial charge in [0.25, 0.3) is 5.91 Å². The van der Waals surface area contributed by atoms with Gasteiger partial charge in [-0.05, 0) is 25.0 Å². The molecule has 2 aromatic rings. The quantitative estimate of drug-likeness (QED) is 0.239. The Labute approximate surface area is 230 Å². The van der Waals surface area contributed by atoms with Crippen LogP contribution in [0.25, 0.3) is 0 Å². The van der Waals surface area contributed by atoms with Crippen molar-refractivity contribution in [1.29, 1.82) is 0 Å². The molecule has 2 aliphatic rings. The van der Waals surface area contributed by atoms with Crippen molar-refractivity contribution in [2.24, 2.45) is 0 Å². The van der Waals surface area contributed by atoms with E-state index in [0.29, 0.717) is 27.0 Å². The minimum atomic E-state index is -1.22. The molecule has 2 unspecified atom stereocenters. The topological polar surface area (TPSA) is 171 Å². The summed E-state index contributed by atoms with van der Waals surface area (Å²) in [5.41, 5.74) is 0.972. The summed E-state index contributed by atoms with van der Waals surface area (Å²) in [5.74, 6) is -1.96. The Morgan fingerprint density at radius 2 is 1.95 bits per heavy atom. The van der Waals surface area contributed by atoms with Crippen LogP contribution in [0.4, 0.5) is 4.79 Å². The normalized spacial score (nSPS) is 19.2. The molecule has 4 rings (SSSR count). The molecule has 2 aliphatic heterocycles. The van der Waals surface area contributed by atoms with E-state index in [-0.39, 0.29) is 18.0 Å². The summed E-state index contributed by atoms with van der Waals surface area (Å²) in [6.07, 6.45) is 0. The standard InChI is InChI=1S/C23H24N6O6S3/c1-11(30)8-24-22(35)26-15(13-6-4-3-5-7-13)18(31)25-16-19(32)29-17(21(33)34)14(9-36-20(16)29)10-37-23-28-27-12(2)38-23/h3-7,15-16,20H,8-10H2,1-2H3,(H,25,31)(H,33,34)(H2,24,26,35)/t15?,16?,20-/m0/s1. The maximum atomic E-state index is 13.2. The molecule has 0 aliphatic carbocycles. The van der Waals surface area contributed by atoms with Gasteiger partial charge < -0.3 is 21.1 Å². The molecule has 3 atom stereocenters. The summed E-state index contributed by atoms with van der Waals surface area (Å²) in [4.78, 5) is 63.1. The summed E-state index contributed by atoms with van der Waals surface area (Å²) in [7, 11) is 0. The molecule has 1 aromatic carbocycles. The number of nitrogens with one attached hydrogen (secondary N) is 3. The van der Waals surface area contributed by atoms with Crippen molar-refractivity contribution in [1.82, 2.24) is 31.0 Å². The fourth-order valence-electron chi connectivity index (χ4n) is 3.85. The van der Waals surface area contributed by atoms with Gasteiger partial charge in [-0.25, -0.2) is 9.59 Å². The summed E-state index contributed by atoms with van der Waals surface area (Å²) in [6, 6.07) is 5.62. The van der Waals surface area contributed by atoms with Gasteiger partial charge in [-0.3, -0.25) is 19.3 Å². The molecule has 1 saturated heterocycles. The van der Waals surface area contributed by atoms with E-state index < -0.39 is 41.3 Å². The lowest BCUT2D eigenvalue weighted by Crippen LogP contribution is -2.71. The molecule has 12 nitrogen and oxygen atoms in total. The molecule has 3 heterocycles. The summed E-state index contributed by atoms with van der Waals surface area (Å²) in [6.45, 7) is 2.94. The van der Waals surface area contributed by atoms with E-state index in [2.05, 4.69) is 26.1 Å². The van der Waals surface area contributed by atoms with Crippen LogP contribution in [-0.2, 0) is 19.2 Å². The average Bonchev–Trinajstić information content (AvgIpc) is 3.32. The number of urea groups is 1. The van der Waals surface area contributed by atoms with E-state index in [9.17, 15) is 29.1 Å².